The highest BCUT2D eigenvalue weighted by molar-refractivity contribution is 7.10. The first-order chi connectivity index (χ1) is 15.4. The monoisotopic (exact) mass is 460 g/mol. The van der Waals surface area contributed by atoms with Crippen molar-refractivity contribution in [1.82, 2.24) is 9.80 Å². The molecule has 1 aliphatic rings. The van der Waals surface area contributed by atoms with Gasteiger partial charge in [0.15, 0.2) is 0 Å². The number of hydrogen-bond acceptors (Lipinski definition) is 6. The van der Waals surface area contributed by atoms with Gasteiger partial charge in [-0.25, -0.2) is 0 Å². The van der Waals surface area contributed by atoms with Crippen LogP contribution in [0.15, 0.2) is 35.7 Å². The van der Waals surface area contributed by atoms with Crippen molar-refractivity contribution in [3.8, 4) is 5.75 Å². The molecule has 0 fully saturated rings. The third-order valence-corrected chi connectivity index (χ3v) is 6.80. The average Bonchev–Trinajstić information content (AvgIpc) is 3.25. The van der Waals surface area contributed by atoms with Gasteiger partial charge in [-0.1, -0.05) is 25.1 Å². The Balaban J connectivity index is 1.66. The molecule has 7 heteroatoms. The lowest BCUT2D eigenvalue weighted by Crippen LogP contribution is -2.48. The van der Waals surface area contributed by atoms with E-state index in [9.17, 15) is 9.90 Å². The summed E-state index contributed by atoms with van der Waals surface area (Å²) in [5, 5.41) is 12.4. The number of benzene rings is 1. The van der Waals surface area contributed by atoms with Crippen molar-refractivity contribution in [3.05, 3.63) is 51.7 Å². The summed E-state index contributed by atoms with van der Waals surface area (Å²) in [7, 11) is 0. The number of likely N-dealkylation sites (N-methyl/N-ethyl adjacent to an activating group) is 1. The number of para-hydroxylation sites is 1. The zero-order valence-electron chi connectivity index (χ0n) is 19.6. The summed E-state index contributed by atoms with van der Waals surface area (Å²) >= 11 is 1.75. The van der Waals surface area contributed by atoms with Crippen LogP contribution in [0.4, 0.5) is 0 Å². The predicted molar refractivity (Wildman–Crippen MR) is 128 cm³/mol. The Kier molecular flexibility index (Phi) is 9.11. The zero-order valence-corrected chi connectivity index (χ0v) is 20.4. The number of ether oxygens (including phenoxy) is 2. The van der Waals surface area contributed by atoms with E-state index in [1.807, 2.05) is 61.8 Å². The number of nitrogens with zero attached hydrogens (tertiary/aromatic N) is 2. The van der Waals surface area contributed by atoms with Crippen LogP contribution in [0.2, 0.25) is 0 Å². The van der Waals surface area contributed by atoms with E-state index in [4.69, 9.17) is 9.47 Å². The molecule has 1 aromatic carbocycles. The molecule has 1 N–H and O–H groups in total. The molecule has 6 nitrogen and oxygen atoms in total. The Hall–Kier alpha value is -1.93. The predicted octanol–water partition coefficient (Wildman–Crippen LogP) is 3.67. The molecule has 2 heterocycles. The largest absolute Gasteiger partial charge is 0.491 e. The molecule has 2 atom stereocenters. The Bertz CT molecular complexity index is 869. The molecule has 0 saturated heterocycles. The van der Waals surface area contributed by atoms with Gasteiger partial charge in [-0.05, 0) is 62.4 Å². The van der Waals surface area contributed by atoms with Crippen molar-refractivity contribution >= 4 is 17.2 Å². The lowest BCUT2D eigenvalue weighted by atomic mass is 10.0. The van der Waals surface area contributed by atoms with Crippen LogP contribution in [0.1, 0.15) is 42.8 Å². The second kappa shape index (κ2) is 11.8. The van der Waals surface area contributed by atoms with Gasteiger partial charge in [0.05, 0.1) is 31.4 Å². The molecule has 32 heavy (non-hydrogen) atoms. The maximum absolute atomic E-state index is 13.4. The van der Waals surface area contributed by atoms with Crippen LogP contribution in [0.25, 0.3) is 0 Å². The number of hydrogen-bond donors (Lipinski definition) is 1. The van der Waals surface area contributed by atoms with E-state index < -0.39 is 6.10 Å². The molecule has 1 amide bonds. The van der Waals surface area contributed by atoms with E-state index in [0.29, 0.717) is 26.2 Å². The molecule has 0 aliphatic carbocycles. The fraction of sp³-hybridized carbons (Fsp3) is 0.560. The first-order valence-electron chi connectivity index (χ1n) is 11.4. The van der Waals surface area contributed by atoms with Gasteiger partial charge in [0.1, 0.15) is 12.4 Å². The third kappa shape index (κ3) is 6.54. The summed E-state index contributed by atoms with van der Waals surface area (Å²) in [6.45, 7) is 10.7. The number of fused-ring (bicyclic) bond motifs is 1. The van der Waals surface area contributed by atoms with Gasteiger partial charge in [-0.2, -0.15) is 0 Å². The SMILES string of the molecule is CCN(CC(=O)N1CCc2sccc2C1COc1ccccc1C)CC(O)COC(C)C. The summed E-state index contributed by atoms with van der Waals surface area (Å²) in [6, 6.07) is 9.98. The minimum atomic E-state index is -0.616. The number of amides is 1. The van der Waals surface area contributed by atoms with Crippen molar-refractivity contribution in [2.24, 2.45) is 0 Å². The van der Waals surface area contributed by atoms with Gasteiger partial charge in [0.2, 0.25) is 5.91 Å². The van der Waals surface area contributed by atoms with Crippen LogP contribution in [-0.2, 0) is 16.0 Å². The van der Waals surface area contributed by atoms with Crippen molar-refractivity contribution < 1.29 is 19.4 Å². The average molecular weight is 461 g/mol. The van der Waals surface area contributed by atoms with Crippen molar-refractivity contribution in [3.63, 3.8) is 0 Å². The summed E-state index contributed by atoms with van der Waals surface area (Å²) in [5.41, 5.74) is 2.28. The highest BCUT2D eigenvalue weighted by Gasteiger charge is 2.33. The van der Waals surface area contributed by atoms with Crippen LogP contribution in [0, 0.1) is 6.92 Å². The van der Waals surface area contributed by atoms with Crippen LogP contribution < -0.4 is 4.74 Å². The van der Waals surface area contributed by atoms with Crippen LogP contribution in [0.3, 0.4) is 0 Å². The topological polar surface area (TPSA) is 62.2 Å². The van der Waals surface area contributed by atoms with Crippen molar-refractivity contribution in [1.29, 1.82) is 0 Å². The Labute approximate surface area is 195 Å². The molecule has 0 radical (unpaired) electrons. The summed E-state index contributed by atoms with van der Waals surface area (Å²) in [6.07, 6.45) is 0.329. The van der Waals surface area contributed by atoms with Gasteiger partial charge in [0.25, 0.3) is 0 Å². The molecule has 0 spiro atoms. The number of carbonyl (C=O) groups is 1. The minimum Gasteiger partial charge on any atom is -0.491 e. The molecule has 0 bridgehead atoms. The number of rotatable bonds is 11. The third-order valence-electron chi connectivity index (χ3n) is 5.80. The van der Waals surface area contributed by atoms with E-state index in [1.54, 1.807) is 11.3 Å². The fourth-order valence-electron chi connectivity index (χ4n) is 4.00. The maximum atomic E-state index is 13.4. The first kappa shape index (κ1) is 24.7. The molecule has 0 saturated carbocycles. The quantitative estimate of drug-likeness (QED) is 0.554. The van der Waals surface area contributed by atoms with Crippen LogP contribution >= 0.6 is 11.3 Å². The van der Waals surface area contributed by atoms with Gasteiger partial charge in [-0.15, -0.1) is 11.3 Å². The van der Waals surface area contributed by atoms with Gasteiger partial charge >= 0.3 is 0 Å². The minimum absolute atomic E-state index is 0.0686. The Morgan fingerprint density at radius 2 is 2.09 bits per heavy atom. The molecule has 3 rings (SSSR count). The highest BCUT2D eigenvalue weighted by atomic mass is 32.1. The first-order valence-corrected chi connectivity index (χ1v) is 12.3. The smallest absolute Gasteiger partial charge is 0.237 e. The lowest BCUT2D eigenvalue weighted by Gasteiger charge is -2.37. The number of aliphatic hydroxyl groups is 1. The fourth-order valence-corrected chi connectivity index (χ4v) is 4.93. The van der Waals surface area contributed by atoms with E-state index in [2.05, 4.69) is 11.4 Å². The second-order valence-electron chi connectivity index (χ2n) is 8.59. The molecule has 2 aromatic rings. The molecule has 1 aliphatic heterocycles. The van der Waals surface area contributed by atoms with Crippen molar-refractivity contribution in [2.45, 2.75) is 52.4 Å². The second-order valence-corrected chi connectivity index (χ2v) is 9.59. The van der Waals surface area contributed by atoms with Gasteiger partial charge in [0, 0.05) is 18.0 Å². The number of thiophene rings is 1. The number of carbonyl (C=O) groups excluding carboxylic acids is 1. The standard InChI is InChI=1S/C25H36N2O4S/c1-5-26(14-20(28)16-30-18(2)3)15-25(29)27-12-10-24-21(11-13-32-24)22(27)17-31-23-9-7-6-8-19(23)4/h6-9,11,13,18,20,22,28H,5,10,12,14-17H2,1-4H3. The number of aryl methyl sites for hydroxylation is 1. The van der Waals surface area contributed by atoms with Crippen LogP contribution in [-0.4, -0.2) is 72.4 Å². The van der Waals surface area contributed by atoms with Gasteiger partial charge in [-0.3, -0.25) is 9.69 Å². The summed E-state index contributed by atoms with van der Waals surface area (Å²) in [5.74, 6) is 0.921. The maximum Gasteiger partial charge on any atom is 0.237 e. The molecule has 176 valence electrons. The van der Waals surface area contributed by atoms with E-state index >= 15 is 0 Å². The Morgan fingerprint density at radius 1 is 1.31 bits per heavy atom. The molecule has 1 aromatic heterocycles. The van der Waals surface area contributed by atoms with Crippen molar-refractivity contribution in [2.75, 3.05) is 39.4 Å². The normalized spacial score (nSPS) is 17.0. The molecular formula is C25H36N2O4S. The number of aliphatic hydroxyl groups excluding tert-OH is 1. The zero-order chi connectivity index (χ0) is 23.1. The van der Waals surface area contributed by atoms with Gasteiger partial charge < -0.3 is 19.5 Å². The van der Waals surface area contributed by atoms with E-state index in [1.165, 1.54) is 10.4 Å². The van der Waals surface area contributed by atoms with Crippen LogP contribution in [0.5, 0.6) is 5.75 Å². The lowest BCUT2D eigenvalue weighted by molar-refractivity contribution is -0.136. The summed E-state index contributed by atoms with van der Waals surface area (Å²) in [4.78, 5) is 18.6. The van der Waals surface area contributed by atoms with E-state index in [-0.39, 0.29) is 31.2 Å². The van der Waals surface area contributed by atoms with E-state index in [0.717, 1.165) is 17.7 Å². The molecule has 2 unspecified atom stereocenters. The Morgan fingerprint density at radius 3 is 2.81 bits per heavy atom. The summed E-state index contributed by atoms with van der Waals surface area (Å²) < 4.78 is 11.7. The molecular weight excluding hydrogens is 424 g/mol. The highest BCUT2D eigenvalue weighted by Crippen LogP contribution is 2.34.